The first-order chi connectivity index (χ1) is 9.65. The number of rotatable bonds is 5. The molecule has 2 rings (SSSR count). The minimum absolute atomic E-state index is 0.0185. The van der Waals surface area contributed by atoms with Crippen molar-refractivity contribution in [1.29, 1.82) is 0 Å². The van der Waals surface area contributed by atoms with Crippen LogP contribution < -0.4 is 15.4 Å². The molecule has 110 valence electrons. The van der Waals surface area contributed by atoms with Crippen LogP contribution in [-0.4, -0.2) is 31.6 Å². The van der Waals surface area contributed by atoms with Gasteiger partial charge in [0.2, 0.25) is 5.91 Å². The molecule has 0 radical (unpaired) electrons. The molecule has 1 fully saturated rings. The quantitative estimate of drug-likeness (QED) is 0.863. The Morgan fingerprint density at radius 3 is 3.10 bits per heavy atom. The topological polar surface area (TPSA) is 50.4 Å². The van der Waals surface area contributed by atoms with Gasteiger partial charge in [0.1, 0.15) is 12.4 Å². The fourth-order valence-corrected chi connectivity index (χ4v) is 2.40. The Morgan fingerprint density at radius 2 is 2.40 bits per heavy atom. The van der Waals surface area contributed by atoms with Gasteiger partial charge in [-0.1, -0.05) is 12.1 Å². The normalized spacial score (nSPS) is 20.2. The maximum absolute atomic E-state index is 12.1. The first kappa shape index (κ1) is 14.9. The van der Waals surface area contributed by atoms with E-state index in [1.54, 1.807) is 0 Å². The molecule has 0 aliphatic carbocycles. The van der Waals surface area contributed by atoms with Crippen molar-refractivity contribution in [2.45, 2.75) is 32.7 Å². The van der Waals surface area contributed by atoms with Crippen LogP contribution in [0.4, 0.5) is 0 Å². The van der Waals surface area contributed by atoms with Crippen LogP contribution in [0.3, 0.4) is 0 Å². The third kappa shape index (κ3) is 4.53. The van der Waals surface area contributed by atoms with Crippen LogP contribution in [0.1, 0.15) is 25.3 Å². The Balaban J connectivity index is 1.74. The van der Waals surface area contributed by atoms with Crippen LogP contribution in [0.15, 0.2) is 24.3 Å². The van der Waals surface area contributed by atoms with E-state index in [0.717, 1.165) is 31.7 Å². The summed E-state index contributed by atoms with van der Waals surface area (Å²) in [5.41, 5.74) is 1.17. The lowest BCUT2D eigenvalue weighted by Crippen LogP contribution is -2.45. The molecule has 1 saturated heterocycles. The lowest BCUT2D eigenvalue weighted by atomic mass is 9.98. The van der Waals surface area contributed by atoms with Crippen LogP contribution >= 0.6 is 0 Å². The van der Waals surface area contributed by atoms with Gasteiger partial charge >= 0.3 is 0 Å². The second-order valence-electron chi connectivity index (χ2n) is 5.58. The number of carbonyl (C=O) groups excluding carboxylic acids is 1. The highest BCUT2D eigenvalue weighted by molar-refractivity contribution is 5.79. The maximum Gasteiger partial charge on any atom is 0.224 e. The van der Waals surface area contributed by atoms with E-state index >= 15 is 0 Å². The van der Waals surface area contributed by atoms with Gasteiger partial charge in [-0.3, -0.25) is 4.79 Å². The van der Waals surface area contributed by atoms with Crippen molar-refractivity contribution in [2.75, 3.05) is 19.7 Å². The lowest BCUT2D eigenvalue weighted by Gasteiger charge is -2.24. The molecule has 2 N–H and O–H groups in total. The zero-order valence-corrected chi connectivity index (χ0v) is 12.3. The smallest absolute Gasteiger partial charge is 0.224 e. The van der Waals surface area contributed by atoms with Crippen molar-refractivity contribution < 1.29 is 9.53 Å². The molecule has 0 spiro atoms. The first-order valence-electron chi connectivity index (χ1n) is 7.35. The van der Waals surface area contributed by atoms with Crippen LogP contribution in [0.25, 0.3) is 0 Å². The second kappa shape index (κ2) is 7.29. The number of hydrogen-bond donors (Lipinski definition) is 2. The van der Waals surface area contributed by atoms with Crippen LogP contribution in [0, 0.1) is 12.8 Å². The predicted molar refractivity (Wildman–Crippen MR) is 79.9 cm³/mol. The van der Waals surface area contributed by atoms with Gasteiger partial charge in [0.15, 0.2) is 0 Å². The molecule has 4 nitrogen and oxygen atoms in total. The highest BCUT2D eigenvalue weighted by atomic mass is 16.5. The third-order valence-corrected chi connectivity index (χ3v) is 3.55. The summed E-state index contributed by atoms with van der Waals surface area (Å²) < 4.78 is 5.71. The average Bonchev–Trinajstić information content (AvgIpc) is 2.46. The predicted octanol–water partition coefficient (Wildman–Crippen LogP) is 1.88. The minimum atomic E-state index is 0.0185. The van der Waals surface area contributed by atoms with E-state index in [0.29, 0.717) is 6.61 Å². The highest BCUT2D eigenvalue weighted by Gasteiger charge is 2.21. The lowest BCUT2D eigenvalue weighted by molar-refractivity contribution is -0.126. The van der Waals surface area contributed by atoms with E-state index in [1.807, 2.05) is 38.1 Å². The molecule has 4 heteroatoms. The molecule has 2 unspecified atom stereocenters. The molecule has 1 aliphatic heterocycles. The molecule has 0 aromatic heterocycles. The summed E-state index contributed by atoms with van der Waals surface area (Å²) in [7, 11) is 0. The number of piperidine rings is 1. The van der Waals surface area contributed by atoms with Gasteiger partial charge in [-0.15, -0.1) is 0 Å². The molecule has 1 heterocycles. The molecule has 1 aromatic rings. The monoisotopic (exact) mass is 276 g/mol. The van der Waals surface area contributed by atoms with Gasteiger partial charge in [-0.05, 0) is 50.9 Å². The molecule has 0 saturated carbocycles. The SMILES string of the molecule is Cc1cccc(OCC(C)NC(=O)C2CCCNC2)c1. The van der Waals surface area contributed by atoms with Gasteiger partial charge in [0.25, 0.3) is 0 Å². The van der Waals surface area contributed by atoms with Gasteiger partial charge < -0.3 is 15.4 Å². The van der Waals surface area contributed by atoms with Crippen molar-refractivity contribution >= 4 is 5.91 Å². The van der Waals surface area contributed by atoms with Gasteiger partial charge in [-0.25, -0.2) is 0 Å². The van der Waals surface area contributed by atoms with E-state index in [2.05, 4.69) is 10.6 Å². The number of hydrogen-bond acceptors (Lipinski definition) is 3. The van der Waals surface area contributed by atoms with E-state index in [1.165, 1.54) is 5.56 Å². The zero-order valence-electron chi connectivity index (χ0n) is 12.3. The molecule has 0 bridgehead atoms. The zero-order chi connectivity index (χ0) is 14.4. The molecular weight excluding hydrogens is 252 g/mol. The molecule has 2 atom stereocenters. The molecule has 20 heavy (non-hydrogen) atoms. The van der Waals surface area contributed by atoms with Crippen molar-refractivity contribution in [3.63, 3.8) is 0 Å². The fraction of sp³-hybridized carbons (Fsp3) is 0.562. The number of amides is 1. The highest BCUT2D eigenvalue weighted by Crippen LogP contribution is 2.13. The van der Waals surface area contributed by atoms with Gasteiger partial charge in [0, 0.05) is 6.54 Å². The summed E-state index contributed by atoms with van der Waals surface area (Å²) in [4.78, 5) is 12.1. The molecular formula is C16H24N2O2. The fourth-order valence-electron chi connectivity index (χ4n) is 2.40. The Labute approximate surface area is 120 Å². The summed E-state index contributed by atoms with van der Waals surface area (Å²) >= 11 is 0. The van der Waals surface area contributed by atoms with Crippen LogP contribution in [0.2, 0.25) is 0 Å². The van der Waals surface area contributed by atoms with E-state index < -0.39 is 0 Å². The van der Waals surface area contributed by atoms with Gasteiger partial charge in [-0.2, -0.15) is 0 Å². The van der Waals surface area contributed by atoms with Gasteiger partial charge in [0.05, 0.1) is 12.0 Å². The van der Waals surface area contributed by atoms with Crippen molar-refractivity contribution in [3.8, 4) is 5.75 Å². The summed E-state index contributed by atoms with van der Waals surface area (Å²) in [6.45, 7) is 6.32. The maximum atomic E-state index is 12.1. The molecule has 1 aromatic carbocycles. The summed E-state index contributed by atoms with van der Waals surface area (Å²) in [5, 5.41) is 6.29. The number of ether oxygens (including phenoxy) is 1. The summed E-state index contributed by atoms with van der Waals surface area (Å²) in [5.74, 6) is 1.09. The number of carbonyl (C=O) groups is 1. The molecule has 1 aliphatic rings. The summed E-state index contributed by atoms with van der Waals surface area (Å²) in [6, 6.07) is 7.96. The van der Waals surface area contributed by atoms with Crippen molar-refractivity contribution in [1.82, 2.24) is 10.6 Å². The standard InChI is InChI=1S/C16H24N2O2/c1-12-5-3-7-15(9-12)20-11-13(2)18-16(19)14-6-4-8-17-10-14/h3,5,7,9,13-14,17H,4,6,8,10-11H2,1-2H3,(H,18,19). The van der Waals surface area contributed by atoms with E-state index in [-0.39, 0.29) is 17.9 Å². The van der Waals surface area contributed by atoms with Crippen molar-refractivity contribution in [2.24, 2.45) is 5.92 Å². The van der Waals surface area contributed by atoms with Crippen LogP contribution in [-0.2, 0) is 4.79 Å². The van der Waals surface area contributed by atoms with Crippen LogP contribution in [0.5, 0.6) is 5.75 Å². The minimum Gasteiger partial charge on any atom is -0.491 e. The Hall–Kier alpha value is -1.55. The number of aryl methyl sites for hydroxylation is 1. The van der Waals surface area contributed by atoms with E-state index in [9.17, 15) is 4.79 Å². The largest absolute Gasteiger partial charge is 0.491 e. The van der Waals surface area contributed by atoms with Crippen molar-refractivity contribution in [3.05, 3.63) is 29.8 Å². The van der Waals surface area contributed by atoms with E-state index in [4.69, 9.17) is 4.74 Å². The Kier molecular flexibility index (Phi) is 5.41. The summed E-state index contributed by atoms with van der Waals surface area (Å²) in [6.07, 6.45) is 2.05. The third-order valence-electron chi connectivity index (χ3n) is 3.55. The first-order valence-corrected chi connectivity index (χ1v) is 7.35. The second-order valence-corrected chi connectivity index (χ2v) is 5.58. The number of benzene rings is 1. The average molecular weight is 276 g/mol. The number of nitrogens with one attached hydrogen (secondary N) is 2. The Morgan fingerprint density at radius 1 is 1.55 bits per heavy atom. The molecule has 1 amide bonds. The Bertz CT molecular complexity index is 442.